The van der Waals surface area contributed by atoms with E-state index in [0.717, 1.165) is 5.75 Å². The van der Waals surface area contributed by atoms with Crippen LogP contribution in [0.2, 0.25) is 0 Å². The average Bonchev–Trinajstić information content (AvgIpc) is 2.36. The minimum atomic E-state index is -0.892. The number of aliphatic carboxylic acids is 1. The van der Waals surface area contributed by atoms with Crippen LogP contribution < -0.4 is 0 Å². The molecule has 0 aromatic heterocycles. The first-order valence-electron chi connectivity index (χ1n) is 3.13. The van der Waals surface area contributed by atoms with Crippen LogP contribution in [0.5, 0.6) is 0 Å². The molecule has 0 aromatic rings. The van der Waals surface area contributed by atoms with Gasteiger partial charge in [0.2, 0.25) is 0 Å². The minimum Gasteiger partial charge on any atom is -0.479 e. The van der Waals surface area contributed by atoms with Crippen molar-refractivity contribution in [2.24, 2.45) is 5.18 Å². The van der Waals surface area contributed by atoms with Gasteiger partial charge in [-0.3, -0.25) is 4.90 Å². The van der Waals surface area contributed by atoms with Crippen LogP contribution in [0, 0.1) is 4.91 Å². The number of carboxylic acid groups (broad SMARTS) is 1. The van der Waals surface area contributed by atoms with E-state index in [1.54, 1.807) is 4.90 Å². The van der Waals surface area contributed by atoms with E-state index in [4.69, 9.17) is 5.11 Å². The molecule has 1 aliphatic rings. The Balaban J connectivity index is 2.50. The van der Waals surface area contributed by atoms with Crippen molar-refractivity contribution in [1.82, 2.24) is 4.90 Å². The molecule has 0 saturated carbocycles. The summed E-state index contributed by atoms with van der Waals surface area (Å²) in [4.78, 5) is 21.9. The number of hydrogen-bond donors (Lipinski definition) is 1. The quantitative estimate of drug-likeness (QED) is 0.621. The summed E-state index contributed by atoms with van der Waals surface area (Å²) in [5, 5.41) is 10.7. The minimum absolute atomic E-state index is 0.0238. The van der Waals surface area contributed by atoms with Crippen molar-refractivity contribution in [1.29, 1.82) is 0 Å². The molecule has 1 heterocycles. The highest BCUT2D eigenvalue weighted by Gasteiger charge is 2.30. The Kier molecular flexibility index (Phi) is 2.84. The smallest absolute Gasteiger partial charge is 0.331 e. The first kappa shape index (κ1) is 8.48. The molecule has 1 saturated heterocycles. The predicted octanol–water partition coefficient (Wildman–Crippen LogP) is 0.170. The third-order valence-electron chi connectivity index (χ3n) is 1.44. The van der Waals surface area contributed by atoms with Gasteiger partial charge < -0.3 is 5.11 Å². The van der Waals surface area contributed by atoms with Gasteiger partial charge >= 0.3 is 5.97 Å². The lowest BCUT2D eigenvalue weighted by atomic mass is 10.5. The van der Waals surface area contributed by atoms with Crippen LogP contribution in [0.1, 0.15) is 0 Å². The molecule has 0 amide bonds. The summed E-state index contributed by atoms with van der Waals surface area (Å²) < 4.78 is 0. The second-order valence-electron chi connectivity index (χ2n) is 2.14. The third kappa shape index (κ3) is 1.90. The van der Waals surface area contributed by atoms with E-state index in [9.17, 15) is 9.70 Å². The second-order valence-corrected chi connectivity index (χ2v) is 3.33. The van der Waals surface area contributed by atoms with Gasteiger partial charge in [-0.1, -0.05) is 5.18 Å². The van der Waals surface area contributed by atoms with Crippen molar-refractivity contribution in [3.63, 3.8) is 0 Å². The molecule has 1 aliphatic heterocycles. The second kappa shape index (κ2) is 3.68. The fraction of sp³-hybridized carbons (Fsp3) is 0.800. The highest BCUT2D eigenvalue weighted by molar-refractivity contribution is 8.00. The molecular formula is C5H8N2O3S. The number of thioether (sulfide) groups is 1. The van der Waals surface area contributed by atoms with Crippen molar-refractivity contribution in [2.45, 2.75) is 5.37 Å². The zero-order chi connectivity index (χ0) is 8.27. The van der Waals surface area contributed by atoms with Crippen LogP contribution in [-0.2, 0) is 4.79 Å². The normalized spacial score (nSPS) is 25.3. The first-order chi connectivity index (χ1) is 5.25. The summed E-state index contributed by atoms with van der Waals surface area (Å²) in [6, 6.07) is 0. The molecule has 0 aliphatic carbocycles. The zero-order valence-corrected chi connectivity index (χ0v) is 6.58. The largest absolute Gasteiger partial charge is 0.479 e. The Morgan fingerprint density at radius 1 is 1.82 bits per heavy atom. The number of rotatable bonds is 3. The molecule has 0 radical (unpaired) electrons. The maximum Gasteiger partial charge on any atom is 0.331 e. The van der Waals surface area contributed by atoms with E-state index in [0.29, 0.717) is 6.54 Å². The van der Waals surface area contributed by atoms with Crippen molar-refractivity contribution < 1.29 is 9.90 Å². The van der Waals surface area contributed by atoms with Gasteiger partial charge in [0.05, 0.1) is 0 Å². The Morgan fingerprint density at radius 3 is 3.09 bits per heavy atom. The monoisotopic (exact) mass is 176 g/mol. The Morgan fingerprint density at radius 2 is 2.55 bits per heavy atom. The Hall–Kier alpha value is -0.620. The maximum atomic E-state index is 10.5. The van der Waals surface area contributed by atoms with Crippen LogP contribution in [-0.4, -0.2) is 40.3 Å². The van der Waals surface area contributed by atoms with Crippen molar-refractivity contribution >= 4 is 17.7 Å². The highest BCUT2D eigenvalue weighted by atomic mass is 32.2. The number of carbonyl (C=O) groups is 1. The van der Waals surface area contributed by atoms with Gasteiger partial charge in [0.1, 0.15) is 6.67 Å². The molecule has 5 nitrogen and oxygen atoms in total. The molecular weight excluding hydrogens is 168 g/mol. The molecule has 1 unspecified atom stereocenters. The summed E-state index contributed by atoms with van der Waals surface area (Å²) in [7, 11) is 0. The topological polar surface area (TPSA) is 70.0 Å². The third-order valence-corrected chi connectivity index (χ3v) is 2.67. The van der Waals surface area contributed by atoms with Crippen molar-refractivity contribution in [3.05, 3.63) is 4.91 Å². The molecule has 0 aromatic carbocycles. The molecule has 1 fully saturated rings. The standard InChI is InChI=1S/C5H8N2O3S/c8-5(9)4-7(3-6-10)1-2-11-4/h4H,1-3H2,(H,8,9). The van der Waals surface area contributed by atoms with E-state index in [1.165, 1.54) is 11.8 Å². The molecule has 1 N–H and O–H groups in total. The number of nitrogens with zero attached hydrogens (tertiary/aromatic N) is 2. The predicted molar refractivity (Wildman–Crippen MR) is 41.2 cm³/mol. The van der Waals surface area contributed by atoms with Gasteiger partial charge in [0.15, 0.2) is 5.37 Å². The summed E-state index contributed by atoms with van der Waals surface area (Å²) in [6.07, 6.45) is 0. The average molecular weight is 176 g/mol. The van der Waals surface area contributed by atoms with Gasteiger partial charge in [-0.15, -0.1) is 16.7 Å². The summed E-state index contributed by atoms with van der Waals surface area (Å²) >= 11 is 1.33. The summed E-state index contributed by atoms with van der Waals surface area (Å²) in [6.45, 7) is 0.608. The van der Waals surface area contributed by atoms with Crippen LogP contribution in [0.25, 0.3) is 0 Å². The summed E-state index contributed by atoms with van der Waals surface area (Å²) in [5.41, 5.74) is 0. The van der Waals surface area contributed by atoms with Crippen LogP contribution >= 0.6 is 11.8 Å². The van der Waals surface area contributed by atoms with Gasteiger partial charge in [-0.2, -0.15) is 0 Å². The first-order valence-corrected chi connectivity index (χ1v) is 4.18. The highest BCUT2D eigenvalue weighted by Crippen LogP contribution is 2.23. The molecule has 1 rings (SSSR count). The fourth-order valence-corrected chi connectivity index (χ4v) is 2.04. The van der Waals surface area contributed by atoms with Gasteiger partial charge in [-0.25, -0.2) is 4.79 Å². The van der Waals surface area contributed by atoms with E-state index >= 15 is 0 Å². The van der Waals surface area contributed by atoms with Gasteiger partial charge in [0, 0.05) is 12.3 Å². The van der Waals surface area contributed by atoms with Crippen LogP contribution in [0.4, 0.5) is 0 Å². The SMILES string of the molecule is O=NCN1CCSC1C(=O)O. The lowest BCUT2D eigenvalue weighted by molar-refractivity contribution is -0.139. The zero-order valence-electron chi connectivity index (χ0n) is 5.77. The Bertz CT molecular complexity index is 175. The molecule has 11 heavy (non-hydrogen) atoms. The van der Waals surface area contributed by atoms with E-state index in [2.05, 4.69) is 5.18 Å². The molecule has 1 atom stereocenters. The molecule has 6 heteroatoms. The summed E-state index contributed by atoms with van der Waals surface area (Å²) in [5.74, 6) is -0.136. The number of carboxylic acids is 1. The molecule has 62 valence electrons. The van der Waals surface area contributed by atoms with E-state index in [-0.39, 0.29) is 6.67 Å². The van der Waals surface area contributed by atoms with E-state index < -0.39 is 11.3 Å². The van der Waals surface area contributed by atoms with Crippen LogP contribution in [0.15, 0.2) is 5.18 Å². The lowest BCUT2D eigenvalue weighted by Crippen LogP contribution is -2.34. The van der Waals surface area contributed by atoms with Gasteiger partial charge in [0.25, 0.3) is 0 Å². The molecule has 0 bridgehead atoms. The van der Waals surface area contributed by atoms with Crippen molar-refractivity contribution in [3.8, 4) is 0 Å². The fourth-order valence-electron chi connectivity index (χ4n) is 0.951. The van der Waals surface area contributed by atoms with Crippen LogP contribution in [0.3, 0.4) is 0 Å². The van der Waals surface area contributed by atoms with E-state index in [1.807, 2.05) is 0 Å². The Labute approximate surface area is 67.7 Å². The van der Waals surface area contributed by atoms with Gasteiger partial charge in [-0.05, 0) is 0 Å². The maximum absolute atomic E-state index is 10.5. The number of hydrogen-bond acceptors (Lipinski definition) is 5. The molecule has 0 spiro atoms. The van der Waals surface area contributed by atoms with Crippen molar-refractivity contribution in [2.75, 3.05) is 19.0 Å². The lowest BCUT2D eigenvalue weighted by Gasteiger charge is -2.14. The number of nitroso groups, excluding NO2 is 1.